The number of nitrogens with zero attached hydrogens (tertiary/aromatic N) is 1. The summed E-state index contributed by atoms with van der Waals surface area (Å²) in [5.74, 6) is -0.189. The minimum Gasteiger partial charge on any atom is -0.494 e. The number of unbranched alkanes of at least 4 members (excludes halogenated alkanes) is 2. The van der Waals surface area contributed by atoms with Gasteiger partial charge in [-0.15, -0.1) is 0 Å². The Morgan fingerprint density at radius 2 is 1.70 bits per heavy atom. The number of ether oxygens (including phenoxy) is 2. The maximum atomic E-state index is 13.9. The first-order valence-corrected chi connectivity index (χ1v) is 14.3. The van der Waals surface area contributed by atoms with Crippen LogP contribution >= 0.6 is 15.9 Å². The van der Waals surface area contributed by atoms with Crippen molar-refractivity contribution in [1.82, 2.24) is 0 Å². The van der Waals surface area contributed by atoms with E-state index in [0.717, 1.165) is 30.2 Å². The zero-order valence-corrected chi connectivity index (χ0v) is 24.0. The van der Waals surface area contributed by atoms with Crippen LogP contribution in [0.25, 0.3) is 11.0 Å². The molecule has 1 aliphatic rings. The molecule has 1 aromatic heterocycles. The molecule has 0 radical (unpaired) electrons. The third-order valence-electron chi connectivity index (χ3n) is 6.88. The van der Waals surface area contributed by atoms with Crippen molar-refractivity contribution < 1.29 is 23.5 Å². The second-order valence-electron chi connectivity index (χ2n) is 9.70. The normalized spacial score (nSPS) is 14.4. The van der Waals surface area contributed by atoms with Gasteiger partial charge in [-0.1, -0.05) is 54.8 Å². The summed E-state index contributed by atoms with van der Waals surface area (Å²) >= 11 is 3.43. The molecular weight excluding hydrogens is 574 g/mol. The molecule has 1 aliphatic heterocycles. The fraction of sp³-hybridized carbons (Fsp3) is 0.281. The summed E-state index contributed by atoms with van der Waals surface area (Å²) in [5, 5.41) is 0.383. The van der Waals surface area contributed by atoms with Crippen LogP contribution in [0.1, 0.15) is 77.6 Å². The number of hydrogen-bond donors (Lipinski definition) is 0. The van der Waals surface area contributed by atoms with Crippen molar-refractivity contribution in [1.29, 1.82) is 0 Å². The smallest absolute Gasteiger partial charge is 0.338 e. The number of benzene rings is 3. The summed E-state index contributed by atoms with van der Waals surface area (Å²) in [7, 11) is 0. The Balaban J connectivity index is 1.60. The third kappa shape index (κ3) is 5.41. The van der Waals surface area contributed by atoms with Gasteiger partial charge in [-0.25, -0.2) is 4.79 Å². The Kier molecular flexibility index (Phi) is 8.35. The average Bonchev–Trinajstić information content (AvgIpc) is 3.26. The number of halogens is 1. The highest BCUT2D eigenvalue weighted by molar-refractivity contribution is 9.10. The quantitative estimate of drug-likeness (QED) is 0.138. The number of hydrogen-bond acceptors (Lipinski definition) is 6. The average molecular weight is 604 g/mol. The lowest BCUT2D eigenvalue weighted by Crippen LogP contribution is -2.29. The van der Waals surface area contributed by atoms with E-state index in [2.05, 4.69) is 22.9 Å². The molecular formula is C32H30BrNO6. The van der Waals surface area contributed by atoms with Crippen LogP contribution in [-0.4, -0.2) is 25.1 Å². The molecule has 0 fully saturated rings. The van der Waals surface area contributed by atoms with Crippen LogP contribution in [0.3, 0.4) is 0 Å². The van der Waals surface area contributed by atoms with Gasteiger partial charge in [-0.05, 0) is 73.0 Å². The molecule has 206 valence electrons. The lowest BCUT2D eigenvalue weighted by molar-refractivity contribution is 0.0499. The number of anilines is 1. The SMILES string of the molecule is CCCCOC(=O)c1ccc(N2C(=O)c3oc4ccc(Br)cc4c(=O)c3C2c2cccc(OCCCC)c2)cc1. The van der Waals surface area contributed by atoms with Crippen LogP contribution in [0.5, 0.6) is 5.75 Å². The molecule has 0 spiro atoms. The first kappa shape index (κ1) is 27.6. The van der Waals surface area contributed by atoms with Crippen molar-refractivity contribution in [2.75, 3.05) is 18.1 Å². The molecule has 2 heterocycles. The summed E-state index contributed by atoms with van der Waals surface area (Å²) in [6, 6.07) is 18.5. The molecule has 7 nitrogen and oxygen atoms in total. The summed E-state index contributed by atoms with van der Waals surface area (Å²) in [6.07, 6.45) is 3.64. The Hall–Kier alpha value is -3.91. The van der Waals surface area contributed by atoms with Crippen LogP contribution in [0.15, 0.2) is 80.4 Å². The number of fused-ring (bicyclic) bond motifs is 2. The monoisotopic (exact) mass is 603 g/mol. The number of carbonyl (C=O) groups excluding carboxylic acids is 2. The highest BCUT2D eigenvalue weighted by Gasteiger charge is 2.43. The van der Waals surface area contributed by atoms with Crippen LogP contribution in [-0.2, 0) is 4.74 Å². The van der Waals surface area contributed by atoms with E-state index in [-0.39, 0.29) is 16.8 Å². The van der Waals surface area contributed by atoms with Crippen LogP contribution in [0.4, 0.5) is 5.69 Å². The van der Waals surface area contributed by atoms with E-state index >= 15 is 0 Å². The number of carbonyl (C=O) groups is 2. The molecule has 0 saturated heterocycles. The summed E-state index contributed by atoms with van der Waals surface area (Å²) in [6.45, 7) is 5.04. The summed E-state index contributed by atoms with van der Waals surface area (Å²) in [4.78, 5) is 41.8. The third-order valence-corrected chi connectivity index (χ3v) is 7.38. The molecule has 0 bridgehead atoms. The van der Waals surface area contributed by atoms with Gasteiger partial charge in [0.2, 0.25) is 5.76 Å². The molecule has 40 heavy (non-hydrogen) atoms. The molecule has 8 heteroatoms. The van der Waals surface area contributed by atoms with E-state index in [1.54, 1.807) is 47.4 Å². The zero-order chi connectivity index (χ0) is 28.2. The molecule has 0 aliphatic carbocycles. The number of rotatable bonds is 10. The maximum Gasteiger partial charge on any atom is 0.338 e. The Labute approximate surface area is 240 Å². The van der Waals surface area contributed by atoms with Crippen molar-refractivity contribution in [2.45, 2.75) is 45.6 Å². The van der Waals surface area contributed by atoms with Gasteiger partial charge in [0.15, 0.2) is 5.43 Å². The standard InChI is InChI=1S/C32H30BrNO6/c1-3-5-16-38-24-9-7-8-21(18-24)28-27-29(35)25-19-22(33)12-15-26(25)40-30(27)31(36)34(28)23-13-10-20(11-14-23)32(37)39-17-6-4-2/h7-15,18-19,28H,3-6,16-17H2,1-2H3. The summed E-state index contributed by atoms with van der Waals surface area (Å²) < 4.78 is 18.1. The Bertz CT molecular complexity index is 1610. The maximum absolute atomic E-state index is 13.9. The molecule has 4 aromatic rings. The molecule has 1 unspecified atom stereocenters. The minimum atomic E-state index is -0.751. The second kappa shape index (κ2) is 12.1. The van der Waals surface area contributed by atoms with Crippen LogP contribution in [0, 0.1) is 0 Å². The second-order valence-corrected chi connectivity index (χ2v) is 10.6. The molecule has 1 atom stereocenters. The van der Waals surface area contributed by atoms with Crippen molar-refractivity contribution in [3.05, 3.63) is 104 Å². The van der Waals surface area contributed by atoms with Gasteiger partial charge in [0, 0.05) is 10.2 Å². The minimum absolute atomic E-state index is 0.00480. The van der Waals surface area contributed by atoms with Crippen LogP contribution < -0.4 is 15.1 Å². The molecule has 1 amide bonds. The van der Waals surface area contributed by atoms with E-state index < -0.39 is 17.9 Å². The predicted octanol–water partition coefficient (Wildman–Crippen LogP) is 7.44. The van der Waals surface area contributed by atoms with E-state index in [0.29, 0.717) is 46.7 Å². The largest absolute Gasteiger partial charge is 0.494 e. The molecule has 5 rings (SSSR count). The first-order chi connectivity index (χ1) is 19.4. The fourth-order valence-corrected chi connectivity index (χ4v) is 5.15. The highest BCUT2D eigenvalue weighted by atomic mass is 79.9. The van der Waals surface area contributed by atoms with Crippen molar-refractivity contribution in [2.24, 2.45) is 0 Å². The van der Waals surface area contributed by atoms with E-state index in [1.807, 2.05) is 31.2 Å². The molecule has 0 saturated carbocycles. The van der Waals surface area contributed by atoms with E-state index in [4.69, 9.17) is 13.9 Å². The van der Waals surface area contributed by atoms with Gasteiger partial charge in [-0.3, -0.25) is 14.5 Å². The van der Waals surface area contributed by atoms with Gasteiger partial charge in [-0.2, -0.15) is 0 Å². The lowest BCUT2D eigenvalue weighted by atomic mass is 9.98. The topological polar surface area (TPSA) is 86.0 Å². The summed E-state index contributed by atoms with van der Waals surface area (Å²) in [5.41, 5.74) is 1.95. The van der Waals surface area contributed by atoms with Crippen molar-refractivity contribution >= 4 is 44.5 Å². The highest BCUT2D eigenvalue weighted by Crippen LogP contribution is 2.42. The zero-order valence-electron chi connectivity index (χ0n) is 22.4. The first-order valence-electron chi connectivity index (χ1n) is 13.5. The molecule has 0 N–H and O–H groups in total. The Morgan fingerprint density at radius 1 is 0.950 bits per heavy atom. The van der Waals surface area contributed by atoms with Crippen molar-refractivity contribution in [3.8, 4) is 5.75 Å². The van der Waals surface area contributed by atoms with E-state index in [1.165, 1.54) is 0 Å². The van der Waals surface area contributed by atoms with Gasteiger partial charge in [0.05, 0.1) is 35.8 Å². The Morgan fingerprint density at radius 3 is 2.45 bits per heavy atom. The van der Waals surface area contributed by atoms with Crippen molar-refractivity contribution in [3.63, 3.8) is 0 Å². The van der Waals surface area contributed by atoms with Gasteiger partial charge in [0.1, 0.15) is 11.3 Å². The van der Waals surface area contributed by atoms with Gasteiger partial charge >= 0.3 is 5.97 Å². The number of esters is 1. The lowest BCUT2D eigenvalue weighted by Gasteiger charge is -2.25. The fourth-order valence-electron chi connectivity index (χ4n) is 4.79. The molecule has 3 aromatic carbocycles. The van der Waals surface area contributed by atoms with Crippen LogP contribution in [0.2, 0.25) is 0 Å². The van der Waals surface area contributed by atoms with Gasteiger partial charge in [0.25, 0.3) is 5.91 Å². The number of amides is 1. The van der Waals surface area contributed by atoms with E-state index in [9.17, 15) is 14.4 Å². The van der Waals surface area contributed by atoms with Gasteiger partial charge < -0.3 is 13.9 Å². The predicted molar refractivity (Wildman–Crippen MR) is 157 cm³/mol.